The Kier molecular flexibility index (Phi) is 6.87. The second-order valence-electron chi connectivity index (χ2n) is 6.43. The molecule has 1 N–H and O–H groups in total. The zero-order chi connectivity index (χ0) is 20.2. The molecule has 1 aromatic rings. The fraction of sp³-hybridized carbons (Fsp3) is 0.588. The summed E-state index contributed by atoms with van der Waals surface area (Å²) in [5.74, 6) is -0.119. The highest BCUT2D eigenvalue weighted by molar-refractivity contribution is 7.89. The van der Waals surface area contributed by atoms with E-state index in [0.29, 0.717) is 25.7 Å². The van der Waals surface area contributed by atoms with E-state index < -0.39 is 27.8 Å². The minimum atomic E-state index is -4.61. The van der Waals surface area contributed by atoms with E-state index in [1.54, 1.807) is 6.92 Å². The normalized spacial score (nSPS) is 18.3. The van der Waals surface area contributed by atoms with E-state index in [4.69, 9.17) is 0 Å². The molecular weight excluding hydrogens is 383 g/mol. The Morgan fingerprint density at radius 1 is 1.22 bits per heavy atom. The summed E-state index contributed by atoms with van der Waals surface area (Å²) in [6.45, 7) is 5.17. The first kappa shape index (κ1) is 21.6. The summed E-state index contributed by atoms with van der Waals surface area (Å²) in [5.41, 5.74) is -0.997. The lowest BCUT2D eigenvalue weighted by Crippen LogP contribution is -2.54. The zero-order valence-electron chi connectivity index (χ0n) is 15.3. The van der Waals surface area contributed by atoms with Crippen molar-refractivity contribution in [3.05, 3.63) is 29.8 Å². The van der Waals surface area contributed by atoms with Crippen LogP contribution in [0.15, 0.2) is 29.2 Å². The molecule has 27 heavy (non-hydrogen) atoms. The first-order valence-electron chi connectivity index (χ1n) is 8.76. The van der Waals surface area contributed by atoms with E-state index in [9.17, 15) is 26.4 Å². The number of benzene rings is 1. The highest BCUT2D eigenvalue weighted by Crippen LogP contribution is 2.31. The molecule has 1 aromatic carbocycles. The number of amides is 1. The third-order valence-electron chi connectivity index (χ3n) is 4.55. The van der Waals surface area contributed by atoms with Crippen molar-refractivity contribution in [2.24, 2.45) is 0 Å². The molecule has 1 atom stereocenters. The Hall–Kier alpha value is -1.65. The first-order chi connectivity index (χ1) is 12.6. The lowest BCUT2D eigenvalue weighted by molar-refractivity contribution is -0.137. The fourth-order valence-corrected chi connectivity index (χ4v) is 4.34. The molecule has 1 amide bonds. The molecule has 1 fully saturated rings. The SMILES string of the molecule is CCCNC(=O)[C@@H](C)N1CCN(S(=O)(=O)c2cccc(C(F)(F)F)c2)CC1. The van der Waals surface area contributed by atoms with Gasteiger partial charge in [0.2, 0.25) is 15.9 Å². The molecule has 1 aliphatic heterocycles. The van der Waals surface area contributed by atoms with E-state index in [-0.39, 0.29) is 23.9 Å². The largest absolute Gasteiger partial charge is 0.416 e. The van der Waals surface area contributed by atoms with Crippen LogP contribution in [-0.2, 0) is 21.0 Å². The first-order valence-corrected chi connectivity index (χ1v) is 10.2. The van der Waals surface area contributed by atoms with Crippen LogP contribution in [-0.4, -0.2) is 62.3 Å². The van der Waals surface area contributed by atoms with Crippen LogP contribution in [0.4, 0.5) is 13.2 Å². The summed E-state index contributed by atoms with van der Waals surface area (Å²) in [4.78, 5) is 13.5. The van der Waals surface area contributed by atoms with E-state index >= 15 is 0 Å². The number of sulfonamides is 1. The van der Waals surface area contributed by atoms with E-state index in [2.05, 4.69) is 5.32 Å². The number of hydrogen-bond donors (Lipinski definition) is 1. The van der Waals surface area contributed by atoms with Crippen LogP contribution >= 0.6 is 0 Å². The average molecular weight is 407 g/mol. The van der Waals surface area contributed by atoms with Gasteiger partial charge in [-0.25, -0.2) is 8.42 Å². The number of halogens is 3. The highest BCUT2D eigenvalue weighted by Gasteiger charge is 2.35. The molecule has 0 unspecified atom stereocenters. The fourth-order valence-electron chi connectivity index (χ4n) is 2.87. The standard InChI is InChI=1S/C17H24F3N3O3S/c1-3-7-21-16(24)13(2)22-8-10-23(11-9-22)27(25,26)15-6-4-5-14(12-15)17(18,19)20/h4-6,12-13H,3,7-11H2,1-2H3,(H,21,24)/t13-/m1/s1. The minimum absolute atomic E-state index is 0.115. The number of alkyl halides is 3. The summed E-state index contributed by atoms with van der Waals surface area (Å²) in [6.07, 6.45) is -3.78. The van der Waals surface area contributed by atoms with E-state index in [1.165, 1.54) is 0 Å². The maximum absolute atomic E-state index is 12.8. The van der Waals surface area contributed by atoms with Crippen LogP contribution in [0.3, 0.4) is 0 Å². The van der Waals surface area contributed by atoms with Gasteiger partial charge in [0.25, 0.3) is 0 Å². The monoisotopic (exact) mass is 407 g/mol. The zero-order valence-corrected chi connectivity index (χ0v) is 16.1. The summed E-state index contributed by atoms with van der Waals surface area (Å²) >= 11 is 0. The van der Waals surface area contributed by atoms with Gasteiger partial charge in [-0.3, -0.25) is 9.69 Å². The lowest BCUT2D eigenvalue weighted by atomic mass is 10.2. The van der Waals surface area contributed by atoms with Crippen molar-refractivity contribution in [3.8, 4) is 0 Å². The molecule has 0 aromatic heterocycles. The number of nitrogens with one attached hydrogen (secondary N) is 1. The van der Waals surface area contributed by atoms with Crippen molar-refractivity contribution >= 4 is 15.9 Å². The van der Waals surface area contributed by atoms with Crippen LogP contribution in [0.25, 0.3) is 0 Å². The molecule has 1 aliphatic rings. The maximum atomic E-state index is 12.8. The summed E-state index contributed by atoms with van der Waals surface area (Å²) in [7, 11) is -4.02. The van der Waals surface area contributed by atoms with E-state index in [1.807, 2.05) is 11.8 Å². The summed E-state index contributed by atoms with van der Waals surface area (Å²) < 4.78 is 65.1. The number of carbonyl (C=O) groups is 1. The highest BCUT2D eigenvalue weighted by atomic mass is 32.2. The molecule has 2 rings (SSSR count). The molecule has 6 nitrogen and oxygen atoms in total. The Morgan fingerprint density at radius 3 is 2.41 bits per heavy atom. The Morgan fingerprint density at radius 2 is 1.85 bits per heavy atom. The van der Waals surface area contributed by atoms with Crippen molar-refractivity contribution in [2.45, 2.75) is 37.4 Å². The van der Waals surface area contributed by atoms with Gasteiger partial charge < -0.3 is 5.32 Å². The molecule has 0 spiro atoms. The third kappa shape index (κ3) is 5.20. The Labute approximate surface area is 157 Å². The van der Waals surface area contributed by atoms with Crippen LogP contribution in [0.2, 0.25) is 0 Å². The molecule has 1 saturated heterocycles. The molecule has 0 radical (unpaired) electrons. The maximum Gasteiger partial charge on any atom is 0.416 e. The molecule has 1 heterocycles. The number of nitrogens with zero attached hydrogens (tertiary/aromatic N) is 2. The van der Waals surface area contributed by atoms with Gasteiger partial charge in [0, 0.05) is 32.7 Å². The average Bonchev–Trinajstić information content (AvgIpc) is 2.65. The second kappa shape index (κ2) is 8.57. The van der Waals surface area contributed by atoms with Crippen LogP contribution in [0.1, 0.15) is 25.8 Å². The number of rotatable bonds is 6. The van der Waals surface area contributed by atoms with Gasteiger partial charge in [-0.05, 0) is 31.5 Å². The summed E-state index contributed by atoms with van der Waals surface area (Å²) in [6, 6.07) is 3.36. The van der Waals surface area contributed by atoms with Crippen LogP contribution in [0, 0.1) is 0 Å². The lowest BCUT2D eigenvalue weighted by Gasteiger charge is -2.36. The van der Waals surface area contributed by atoms with Crippen molar-refractivity contribution in [1.82, 2.24) is 14.5 Å². The molecule has 0 bridgehead atoms. The molecule has 0 saturated carbocycles. The van der Waals surface area contributed by atoms with Crippen molar-refractivity contribution < 1.29 is 26.4 Å². The van der Waals surface area contributed by atoms with Gasteiger partial charge in [0.05, 0.1) is 16.5 Å². The van der Waals surface area contributed by atoms with Crippen molar-refractivity contribution in [3.63, 3.8) is 0 Å². The Bertz CT molecular complexity index is 760. The number of carbonyl (C=O) groups excluding carboxylic acids is 1. The van der Waals surface area contributed by atoms with Gasteiger partial charge in [-0.2, -0.15) is 17.5 Å². The minimum Gasteiger partial charge on any atom is -0.355 e. The van der Waals surface area contributed by atoms with E-state index in [0.717, 1.165) is 28.9 Å². The van der Waals surface area contributed by atoms with Gasteiger partial charge in [-0.15, -0.1) is 0 Å². The molecule has 0 aliphatic carbocycles. The summed E-state index contributed by atoms with van der Waals surface area (Å²) in [5, 5.41) is 2.80. The van der Waals surface area contributed by atoms with Crippen LogP contribution < -0.4 is 5.32 Å². The smallest absolute Gasteiger partial charge is 0.355 e. The molecule has 152 valence electrons. The topological polar surface area (TPSA) is 69.7 Å². The predicted molar refractivity (Wildman–Crippen MR) is 94.5 cm³/mol. The number of piperazine rings is 1. The van der Waals surface area contributed by atoms with Gasteiger partial charge in [-0.1, -0.05) is 13.0 Å². The van der Waals surface area contributed by atoms with Gasteiger partial charge in [0.15, 0.2) is 0 Å². The Balaban J connectivity index is 2.06. The molecular formula is C17H24F3N3O3S. The number of hydrogen-bond acceptors (Lipinski definition) is 4. The van der Waals surface area contributed by atoms with Crippen molar-refractivity contribution in [2.75, 3.05) is 32.7 Å². The quantitative estimate of drug-likeness (QED) is 0.782. The second-order valence-corrected chi connectivity index (χ2v) is 8.37. The van der Waals surface area contributed by atoms with Crippen molar-refractivity contribution in [1.29, 1.82) is 0 Å². The third-order valence-corrected chi connectivity index (χ3v) is 6.44. The molecule has 10 heteroatoms. The van der Waals surface area contributed by atoms with Gasteiger partial charge >= 0.3 is 6.18 Å². The van der Waals surface area contributed by atoms with Gasteiger partial charge in [0.1, 0.15) is 0 Å². The van der Waals surface area contributed by atoms with Crippen LogP contribution in [0.5, 0.6) is 0 Å². The predicted octanol–water partition coefficient (Wildman–Crippen LogP) is 1.93.